The van der Waals surface area contributed by atoms with Crippen LogP contribution < -0.4 is 5.73 Å². The summed E-state index contributed by atoms with van der Waals surface area (Å²) in [4.78, 5) is 2.47. The molecule has 0 saturated carbocycles. The first-order valence-electron chi connectivity index (χ1n) is 6.38. The van der Waals surface area contributed by atoms with Crippen LogP contribution in [-0.2, 0) is 12.0 Å². The number of fused-ring (bicyclic) bond motifs is 1. The highest BCUT2D eigenvalue weighted by Gasteiger charge is 2.32. The molecule has 0 amide bonds. The van der Waals surface area contributed by atoms with Crippen LogP contribution in [0.1, 0.15) is 38.8 Å². The van der Waals surface area contributed by atoms with Crippen molar-refractivity contribution in [3.05, 3.63) is 35.4 Å². The van der Waals surface area contributed by atoms with Gasteiger partial charge in [0.1, 0.15) is 0 Å². The van der Waals surface area contributed by atoms with E-state index in [0.29, 0.717) is 0 Å². The van der Waals surface area contributed by atoms with Crippen LogP contribution in [0.2, 0.25) is 0 Å². The number of benzene rings is 1. The molecular formula is C15H24N2. The molecule has 1 heterocycles. The molecule has 0 fully saturated rings. The highest BCUT2D eigenvalue weighted by molar-refractivity contribution is 5.35. The van der Waals surface area contributed by atoms with Gasteiger partial charge in [0, 0.05) is 30.6 Å². The number of hydrogen-bond donors (Lipinski definition) is 1. The van der Waals surface area contributed by atoms with Crippen LogP contribution in [0.4, 0.5) is 0 Å². The molecule has 0 bridgehead atoms. The maximum Gasteiger partial charge on any atom is 0.0237 e. The lowest BCUT2D eigenvalue weighted by atomic mass is 9.78. The van der Waals surface area contributed by atoms with E-state index < -0.39 is 0 Å². The molecule has 0 radical (unpaired) electrons. The van der Waals surface area contributed by atoms with E-state index in [4.69, 9.17) is 5.73 Å². The van der Waals surface area contributed by atoms with Crippen LogP contribution in [0.15, 0.2) is 24.3 Å². The molecule has 0 aliphatic carbocycles. The Morgan fingerprint density at radius 1 is 1.29 bits per heavy atom. The third-order valence-electron chi connectivity index (χ3n) is 3.39. The zero-order valence-corrected chi connectivity index (χ0v) is 11.5. The van der Waals surface area contributed by atoms with Gasteiger partial charge in [-0.05, 0) is 25.0 Å². The van der Waals surface area contributed by atoms with Crippen molar-refractivity contribution in [2.75, 3.05) is 13.1 Å². The summed E-state index contributed by atoms with van der Waals surface area (Å²) < 4.78 is 0. The molecule has 17 heavy (non-hydrogen) atoms. The second-order valence-corrected chi connectivity index (χ2v) is 6.67. The zero-order valence-electron chi connectivity index (χ0n) is 11.5. The highest BCUT2D eigenvalue weighted by Crippen LogP contribution is 2.33. The number of nitrogens with zero attached hydrogens (tertiary/aromatic N) is 1. The molecule has 0 spiro atoms. The van der Waals surface area contributed by atoms with Gasteiger partial charge in [0.25, 0.3) is 0 Å². The molecule has 0 atom stereocenters. The fourth-order valence-corrected chi connectivity index (χ4v) is 2.95. The molecule has 2 N–H and O–H groups in total. The number of rotatable bonds is 2. The summed E-state index contributed by atoms with van der Waals surface area (Å²) in [5.74, 6) is 0. The van der Waals surface area contributed by atoms with Gasteiger partial charge in [0.05, 0.1) is 0 Å². The molecule has 1 aromatic carbocycles. The van der Waals surface area contributed by atoms with Crippen molar-refractivity contribution in [1.29, 1.82) is 0 Å². The SMILES string of the molecule is CC(C)(N)CN1Cc2ccccc2C(C)(C)C1. The van der Waals surface area contributed by atoms with Crippen LogP contribution in [0.3, 0.4) is 0 Å². The third kappa shape index (κ3) is 2.88. The Labute approximate surface area is 105 Å². The van der Waals surface area contributed by atoms with E-state index in [1.54, 1.807) is 0 Å². The quantitative estimate of drug-likeness (QED) is 0.849. The Morgan fingerprint density at radius 3 is 2.59 bits per heavy atom. The van der Waals surface area contributed by atoms with Gasteiger partial charge in [-0.25, -0.2) is 0 Å². The van der Waals surface area contributed by atoms with Crippen LogP contribution in [-0.4, -0.2) is 23.5 Å². The van der Waals surface area contributed by atoms with E-state index in [2.05, 4.69) is 56.9 Å². The molecule has 94 valence electrons. The lowest BCUT2D eigenvalue weighted by molar-refractivity contribution is 0.163. The summed E-state index contributed by atoms with van der Waals surface area (Å²) in [7, 11) is 0. The Balaban J connectivity index is 2.25. The van der Waals surface area contributed by atoms with Gasteiger partial charge in [-0.1, -0.05) is 38.1 Å². The van der Waals surface area contributed by atoms with E-state index in [-0.39, 0.29) is 11.0 Å². The maximum atomic E-state index is 6.13. The summed E-state index contributed by atoms with van der Waals surface area (Å²) in [6.07, 6.45) is 0. The predicted molar refractivity (Wildman–Crippen MR) is 73.0 cm³/mol. The number of hydrogen-bond acceptors (Lipinski definition) is 2. The predicted octanol–water partition coefficient (Wildman–Crippen LogP) is 2.52. The maximum absolute atomic E-state index is 6.13. The van der Waals surface area contributed by atoms with Gasteiger partial charge >= 0.3 is 0 Å². The van der Waals surface area contributed by atoms with Crippen molar-refractivity contribution >= 4 is 0 Å². The second kappa shape index (κ2) is 4.11. The highest BCUT2D eigenvalue weighted by atomic mass is 15.2. The monoisotopic (exact) mass is 232 g/mol. The standard InChI is InChI=1S/C15H24N2/c1-14(2)10-17(11-15(3,4)16)9-12-7-5-6-8-13(12)14/h5-8H,9-11,16H2,1-4H3. The summed E-state index contributed by atoms with van der Waals surface area (Å²) >= 11 is 0. The minimum atomic E-state index is -0.123. The van der Waals surface area contributed by atoms with Gasteiger partial charge in [-0.15, -0.1) is 0 Å². The van der Waals surface area contributed by atoms with Gasteiger partial charge < -0.3 is 5.73 Å². The minimum Gasteiger partial charge on any atom is -0.324 e. The Kier molecular flexibility index (Phi) is 3.04. The van der Waals surface area contributed by atoms with E-state index in [1.165, 1.54) is 11.1 Å². The fourth-order valence-electron chi connectivity index (χ4n) is 2.95. The van der Waals surface area contributed by atoms with Crippen LogP contribution in [0.25, 0.3) is 0 Å². The van der Waals surface area contributed by atoms with Gasteiger partial charge in [-0.2, -0.15) is 0 Å². The Bertz CT molecular complexity index is 402. The lowest BCUT2D eigenvalue weighted by Gasteiger charge is -2.42. The summed E-state index contributed by atoms with van der Waals surface area (Å²) in [6.45, 7) is 11.9. The molecule has 1 aliphatic heterocycles. The van der Waals surface area contributed by atoms with Crippen molar-refractivity contribution < 1.29 is 0 Å². The first-order valence-corrected chi connectivity index (χ1v) is 6.38. The van der Waals surface area contributed by atoms with Crippen molar-refractivity contribution in [2.45, 2.75) is 45.2 Å². The third-order valence-corrected chi connectivity index (χ3v) is 3.39. The largest absolute Gasteiger partial charge is 0.324 e. The molecule has 0 aromatic heterocycles. The fraction of sp³-hybridized carbons (Fsp3) is 0.600. The average Bonchev–Trinajstić information content (AvgIpc) is 2.13. The topological polar surface area (TPSA) is 29.3 Å². The Hall–Kier alpha value is -0.860. The smallest absolute Gasteiger partial charge is 0.0237 e. The first kappa shape index (κ1) is 12.6. The van der Waals surface area contributed by atoms with Crippen LogP contribution in [0.5, 0.6) is 0 Å². The van der Waals surface area contributed by atoms with Gasteiger partial charge in [-0.3, -0.25) is 4.90 Å². The normalized spacial score (nSPS) is 20.1. The average molecular weight is 232 g/mol. The van der Waals surface area contributed by atoms with Gasteiger partial charge in [0.2, 0.25) is 0 Å². The molecular weight excluding hydrogens is 208 g/mol. The van der Waals surface area contributed by atoms with Crippen LogP contribution >= 0.6 is 0 Å². The molecule has 2 heteroatoms. The summed E-state index contributed by atoms with van der Waals surface area (Å²) in [5, 5.41) is 0. The van der Waals surface area contributed by atoms with Crippen molar-refractivity contribution in [3.63, 3.8) is 0 Å². The van der Waals surface area contributed by atoms with Crippen molar-refractivity contribution in [1.82, 2.24) is 4.90 Å². The van der Waals surface area contributed by atoms with Gasteiger partial charge in [0.15, 0.2) is 0 Å². The second-order valence-electron chi connectivity index (χ2n) is 6.67. The lowest BCUT2D eigenvalue weighted by Crippen LogP contribution is -2.50. The number of nitrogens with two attached hydrogens (primary N) is 1. The van der Waals surface area contributed by atoms with Crippen molar-refractivity contribution in [2.24, 2.45) is 5.73 Å². The molecule has 1 aliphatic rings. The van der Waals surface area contributed by atoms with E-state index in [1.807, 2.05) is 0 Å². The first-order chi connectivity index (χ1) is 7.78. The van der Waals surface area contributed by atoms with E-state index in [9.17, 15) is 0 Å². The van der Waals surface area contributed by atoms with Crippen LogP contribution in [0, 0.1) is 0 Å². The van der Waals surface area contributed by atoms with Crippen molar-refractivity contribution in [3.8, 4) is 0 Å². The zero-order chi connectivity index (χ0) is 12.7. The van der Waals surface area contributed by atoms with E-state index in [0.717, 1.165) is 19.6 Å². The molecule has 0 unspecified atom stereocenters. The summed E-state index contributed by atoms with van der Waals surface area (Å²) in [5.41, 5.74) is 9.18. The Morgan fingerprint density at radius 2 is 1.94 bits per heavy atom. The molecule has 1 aromatic rings. The summed E-state index contributed by atoms with van der Waals surface area (Å²) in [6, 6.07) is 8.78. The molecule has 0 saturated heterocycles. The minimum absolute atomic E-state index is 0.123. The van der Waals surface area contributed by atoms with E-state index >= 15 is 0 Å². The molecule has 2 nitrogen and oxygen atoms in total. The molecule has 2 rings (SSSR count).